The standard InChI is InChI=1S/C20H20ClFN2O2/c1-13(25)23-11-14-5-7-15(8-6-14)20(26)24(16-9-10-16)12-17-18(21)3-2-4-19(17)22/h2-8,16H,9-12H2,1H3,(H,23,25). The van der Waals surface area contributed by atoms with Crippen LogP contribution >= 0.6 is 11.6 Å². The van der Waals surface area contributed by atoms with E-state index in [0.29, 0.717) is 22.7 Å². The zero-order valence-electron chi connectivity index (χ0n) is 14.5. The van der Waals surface area contributed by atoms with E-state index in [1.807, 2.05) is 12.1 Å². The fourth-order valence-electron chi connectivity index (χ4n) is 2.76. The van der Waals surface area contributed by atoms with Gasteiger partial charge in [0, 0.05) is 35.7 Å². The Kier molecular flexibility index (Phi) is 5.57. The third-order valence-electron chi connectivity index (χ3n) is 4.38. The quantitative estimate of drug-likeness (QED) is 0.833. The highest BCUT2D eigenvalue weighted by Gasteiger charge is 2.34. The molecule has 0 unspecified atom stereocenters. The molecule has 0 spiro atoms. The van der Waals surface area contributed by atoms with Gasteiger partial charge in [0.15, 0.2) is 0 Å². The first kappa shape index (κ1) is 18.4. The summed E-state index contributed by atoms with van der Waals surface area (Å²) in [5.41, 5.74) is 1.79. The molecule has 2 aromatic rings. The summed E-state index contributed by atoms with van der Waals surface area (Å²) in [6.45, 7) is 2.03. The molecular weight excluding hydrogens is 355 g/mol. The Morgan fingerprint density at radius 2 is 1.88 bits per heavy atom. The molecule has 0 saturated heterocycles. The monoisotopic (exact) mass is 374 g/mol. The summed E-state index contributed by atoms with van der Waals surface area (Å²) in [5.74, 6) is -0.647. The predicted octanol–water partition coefficient (Wildman–Crippen LogP) is 3.92. The Morgan fingerprint density at radius 3 is 2.46 bits per heavy atom. The van der Waals surface area contributed by atoms with Crippen molar-refractivity contribution in [3.05, 3.63) is 70.0 Å². The number of hydrogen-bond acceptors (Lipinski definition) is 2. The van der Waals surface area contributed by atoms with Gasteiger partial charge in [-0.2, -0.15) is 0 Å². The number of hydrogen-bond donors (Lipinski definition) is 1. The zero-order chi connectivity index (χ0) is 18.7. The molecule has 0 atom stereocenters. The molecule has 4 nitrogen and oxygen atoms in total. The number of nitrogens with zero attached hydrogens (tertiary/aromatic N) is 1. The molecule has 1 saturated carbocycles. The SMILES string of the molecule is CC(=O)NCc1ccc(C(=O)N(Cc2c(F)cccc2Cl)C2CC2)cc1. The molecule has 2 aromatic carbocycles. The Balaban J connectivity index is 1.76. The van der Waals surface area contributed by atoms with Crippen LogP contribution in [0.3, 0.4) is 0 Å². The molecule has 1 aliphatic carbocycles. The summed E-state index contributed by atoms with van der Waals surface area (Å²) in [4.78, 5) is 25.6. The third kappa shape index (κ3) is 4.41. The minimum absolute atomic E-state index is 0.105. The van der Waals surface area contributed by atoms with Crippen LogP contribution in [0, 0.1) is 5.82 Å². The maximum absolute atomic E-state index is 14.1. The van der Waals surface area contributed by atoms with E-state index in [9.17, 15) is 14.0 Å². The topological polar surface area (TPSA) is 49.4 Å². The van der Waals surface area contributed by atoms with Crippen molar-refractivity contribution in [1.29, 1.82) is 0 Å². The second kappa shape index (κ2) is 7.87. The van der Waals surface area contributed by atoms with Gasteiger partial charge in [0.2, 0.25) is 5.91 Å². The minimum atomic E-state index is -0.401. The lowest BCUT2D eigenvalue weighted by Crippen LogP contribution is -2.33. The summed E-state index contributed by atoms with van der Waals surface area (Å²) in [6.07, 6.45) is 1.83. The van der Waals surface area contributed by atoms with E-state index in [2.05, 4.69) is 5.32 Å². The fraction of sp³-hybridized carbons (Fsp3) is 0.300. The van der Waals surface area contributed by atoms with Crippen molar-refractivity contribution in [1.82, 2.24) is 10.2 Å². The summed E-state index contributed by atoms with van der Waals surface area (Å²) >= 11 is 6.12. The van der Waals surface area contributed by atoms with Crippen LogP contribution in [0.25, 0.3) is 0 Å². The first-order chi connectivity index (χ1) is 12.5. The largest absolute Gasteiger partial charge is 0.352 e. The molecule has 0 aliphatic heterocycles. The van der Waals surface area contributed by atoms with Crippen molar-refractivity contribution in [2.45, 2.75) is 38.9 Å². The average molecular weight is 375 g/mol. The van der Waals surface area contributed by atoms with Crippen LogP contribution in [-0.4, -0.2) is 22.8 Å². The van der Waals surface area contributed by atoms with E-state index in [4.69, 9.17) is 11.6 Å². The molecule has 6 heteroatoms. The second-order valence-electron chi connectivity index (χ2n) is 6.47. The number of rotatable bonds is 6. The van der Waals surface area contributed by atoms with Gasteiger partial charge in [0.25, 0.3) is 5.91 Å². The molecular formula is C20H20ClFN2O2. The van der Waals surface area contributed by atoms with Crippen LogP contribution in [0.1, 0.15) is 41.3 Å². The van der Waals surface area contributed by atoms with Gasteiger partial charge in [-0.1, -0.05) is 29.8 Å². The smallest absolute Gasteiger partial charge is 0.254 e. The lowest BCUT2D eigenvalue weighted by Gasteiger charge is -2.23. The maximum Gasteiger partial charge on any atom is 0.254 e. The molecule has 3 rings (SSSR count). The van der Waals surface area contributed by atoms with Crippen molar-refractivity contribution >= 4 is 23.4 Å². The van der Waals surface area contributed by atoms with Crippen LogP contribution < -0.4 is 5.32 Å². The van der Waals surface area contributed by atoms with Crippen LogP contribution in [-0.2, 0) is 17.9 Å². The molecule has 1 fully saturated rings. The fourth-order valence-corrected chi connectivity index (χ4v) is 2.99. The summed E-state index contributed by atoms with van der Waals surface area (Å²) < 4.78 is 14.1. The molecule has 1 N–H and O–H groups in total. The van der Waals surface area contributed by atoms with E-state index < -0.39 is 5.82 Å². The lowest BCUT2D eigenvalue weighted by atomic mass is 10.1. The van der Waals surface area contributed by atoms with Crippen molar-refractivity contribution in [3.8, 4) is 0 Å². The Labute approximate surface area is 157 Å². The summed E-state index contributed by atoms with van der Waals surface area (Å²) in [7, 11) is 0. The first-order valence-electron chi connectivity index (χ1n) is 8.53. The Bertz CT molecular complexity index is 799. The molecule has 0 radical (unpaired) electrons. The van der Waals surface area contributed by atoms with Crippen molar-refractivity contribution in [2.24, 2.45) is 0 Å². The Morgan fingerprint density at radius 1 is 1.19 bits per heavy atom. The van der Waals surface area contributed by atoms with Crippen LogP contribution in [0.4, 0.5) is 4.39 Å². The number of benzene rings is 2. The molecule has 0 aromatic heterocycles. The van der Waals surface area contributed by atoms with E-state index in [1.54, 1.807) is 29.2 Å². The maximum atomic E-state index is 14.1. The van der Waals surface area contributed by atoms with Gasteiger partial charge in [0.1, 0.15) is 5.82 Å². The predicted molar refractivity (Wildman–Crippen MR) is 98.3 cm³/mol. The van der Waals surface area contributed by atoms with Crippen LogP contribution in [0.2, 0.25) is 5.02 Å². The number of halogens is 2. The number of carbonyl (C=O) groups is 2. The molecule has 136 valence electrons. The summed E-state index contributed by atoms with van der Waals surface area (Å²) in [6, 6.07) is 11.7. The van der Waals surface area contributed by atoms with Gasteiger partial charge >= 0.3 is 0 Å². The lowest BCUT2D eigenvalue weighted by molar-refractivity contribution is -0.119. The van der Waals surface area contributed by atoms with Gasteiger partial charge in [0.05, 0.1) is 6.54 Å². The van der Waals surface area contributed by atoms with Gasteiger partial charge < -0.3 is 10.2 Å². The van der Waals surface area contributed by atoms with Crippen LogP contribution in [0.5, 0.6) is 0 Å². The molecule has 26 heavy (non-hydrogen) atoms. The van der Waals surface area contributed by atoms with E-state index >= 15 is 0 Å². The highest BCUT2D eigenvalue weighted by atomic mass is 35.5. The number of carbonyl (C=O) groups excluding carboxylic acids is 2. The third-order valence-corrected chi connectivity index (χ3v) is 4.74. The Hall–Kier alpha value is -2.40. The molecule has 1 aliphatic rings. The van der Waals surface area contributed by atoms with Crippen LogP contribution in [0.15, 0.2) is 42.5 Å². The number of nitrogens with one attached hydrogen (secondary N) is 1. The van der Waals surface area contributed by atoms with Gasteiger partial charge in [-0.3, -0.25) is 9.59 Å². The van der Waals surface area contributed by atoms with Gasteiger partial charge in [-0.05, 0) is 42.7 Å². The van der Waals surface area contributed by atoms with E-state index in [1.165, 1.54) is 13.0 Å². The molecule has 0 heterocycles. The first-order valence-corrected chi connectivity index (χ1v) is 8.90. The van der Waals surface area contributed by atoms with E-state index in [0.717, 1.165) is 18.4 Å². The van der Waals surface area contributed by atoms with Crippen molar-refractivity contribution in [2.75, 3.05) is 0 Å². The van der Waals surface area contributed by atoms with Gasteiger partial charge in [-0.15, -0.1) is 0 Å². The normalized spacial score (nSPS) is 13.3. The minimum Gasteiger partial charge on any atom is -0.352 e. The number of amides is 2. The van der Waals surface area contributed by atoms with Crippen molar-refractivity contribution in [3.63, 3.8) is 0 Å². The summed E-state index contributed by atoms with van der Waals surface area (Å²) in [5, 5.41) is 3.04. The van der Waals surface area contributed by atoms with Crippen molar-refractivity contribution < 1.29 is 14.0 Å². The molecule has 2 amide bonds. The highest BCUT2D eigenvalue weighted by molar-refractivity contribution is 6.31. The second-order valence-corrected chi connectivity index (χ2v) is 6.88. The highest BCUT2D eigenvalue weighted by Crippen LogP contribution is 2.32. The average Bonchev–Trinajstić information content (AvgIpc) is 3.44. The zero-order valence-corrected chi connectivity index (χ0v) is 15.2. The van der Waals surface area contributed by atoms with E-state index in [-0.39, 0.29) is 24.4 Å². The molecule has 0 bridgehead atoms. The van der Waals surface area contributed by atoms with Gasteiger partial charge in [-0.25, -0.2) is 4.39 Å².